The molecule has 2 aromatic rings. The summed E-state index contributed by atoms with van der Waals surface area (Å²) in [6.45, 7) is -0.945. The standard InChI is InChI=1S/C21H21F2NO6S/c22-21(23)16(9-6-12-19(25)26)13-24(18-11-5-4-10-17(18)21)31(28,29)20(27)30-14-15-7-2-1-3-8-15/h1-5,7-8,10-11,16H,6,9,12-14H2,(H,25,26)/t16-/m0/s1. The molecule has 1 heterocycles. The fraction of sp³-hybridized carbons (Fsp3) is 0.333. The Morgan fingerprint density at radius 3 is 2.42 bits per heavy atom. The van der Waals surface area contributed by atoms with E-state index >= 15 is 8.78 Å². The molecular weight excluding hydrogens is 432 g/mol. The average Bonchev–Trinajstić information content (AvgIpc) is 2.74. The van der Waals surface area contributed by atoms with Crippen molar-refractivity contribution in [3.63, 3.8) is 0 Å². The van der Waals surface area contributed by atoms with Gasteiger partial charge in [-0.15, -0.1) is 0 Å². The van der Waals surface area contributed by atoms with E-state index in [9.17, 15) is 18.0 Å². The molecule has 2 aromatic carbocycles. The molecule has 166 valence electrons. The number of sulfonamides is 1. The minimum Gasteiger partial charge on any atom is -0.481 e. The van der Waals surface area contributed by atoms with Gasteiger partial charge in [0.05, 0.1) is 5.69 Å². The van der Waals surface area contributed by atoms with Gasteiger partial charge in [0, 0.05) is 24.4 Å². The number of carboxylic acids is 1. The first-order valence-electron chi connectivity index (χ1n) is 9.56. The van der Waals surface area contributed by atoms with Crippen LogP contribution in [0.3, 0.4) is 0 Å². The molecule has 0 aliphatic carbocycles. The van der Waals surface area contributed by atoms with Gasteiger partial charge >= 0.3 is 21.3 Å². The van der Waals surface area contributed by atoms with Crippen LogP contribution in [0.15, 0.2) is 54.6 Å². The van der Waals surface area contributed by atoms with Crippen molar-refractivity contribution >= 4 is 27.0 Å². The molecule has 0 saturated heterocycles. The molecule has 1 N–H and O–H groups in total. The number of benzene rings is 2. The smallest absolute Gasteiger partial charge is 0.445 e. The molecule has 0 aromatic heterocycles. The Bertz CT molecular complexity index is 1060. The molecule has 0 spiro atoms. The van der Waals surface area contributed by atoms with Crippen molar-refractivity contribution < 1.29 is 36.6 Å². The second kappa shape index (κ2) is 9.01. The van der Waals surface area contributed by atoms with E-state index in [1.54, 1.807) is 30.3 Å². The van der Waals surface area contributed by atoms with Crippen molar-refractivity contribution in [1.82, 2.24) is 0 Å². The number of para-hydroxylation sites is 1. The van der Waals surface area contributed by atoms with Gasteiger partial charge in [-0.1, -0.05) is 48.5 Å². The van der Waals surface area contributed by atoms with Gasteiger partial charge < -0.3 is 9.84 Å². The van der Waals surface area contributed by atoms with E-state index in [1.807, 2.05) is 0 Å². The maximum Gasteiger partial charge on any atom is 0.445 e. The summed E-state index contributed by atoms with van der Waals surface area (Å²) in [5, 5.41) is 7.24. The molecular formula is C21H21F2NO6S. The third-order valence-corrected chi connectivity index (χ3v) is 6.54. The molecule has 0 amide bonds. The first kappa shape index (κ1) is 22.7. The number of alkyl halides is 2. The van der Waals surface area contributed by atoms with Gasteiger partial charge in [0.2, 0.25) is 0 Å². The Balaban J connectivity index is 1.87. The highest BCUT2D eigenvalue weighted by Crippen LogP contribution is 2.48. The van der Waals surface area contributed by atoms with E-state index in [-0.39, 0.29) is 31.6 Å². The number of hydrogen-bond acceptors (Lipinski definition) is 5. The largest absolute Gasteiger partial charge is 0.481 e. The number of hydrogen-bond donors (Lipinski definition) is 1. The van der Waals surface area contributed by atoms with Crippen molar-refractivity contribution in [3.05, 3.63) is 65.7 Å². The molecule has 0 unspecified atom stereocenters. The van der Waals surface area contributed by atoms with Crippen LogP contribution in [0, 0.1) is 5.92 Å². The van der Waals surface area contributed by atoms with E-state index in [0.717, 1.165) is 6.07 Å². The van der Waals surface area contributed by atoms with Gasteiger partial charge in [0.25, 0.3) is 5.92 Å². The summed E-state index contributed by atoms with van der Waals surface area (Å²) in [6.07, 6.45) is -0.594. The number of nitrogens with zero attached hydrogens (tertiary/aromatic N) is 1. The van der Waals surface area contributed by atoms with Crippen molar-refractivity contribution in [1.29, 1.82) is 0 Å². The molecule has 0 saturated carbocycles. The Kier molecular flexibility index (Phi) is 6.59. The van der Waals surface area contributed by atoms with E-state index in [4.69, 9.17) is 9.84 Å². The Morgan fingerprint density at radius 2 is 1.74 bits per heavy atom. The third-order valence-electron chi connectivity index (χ3n) is 5.07. The van der Waals surface area contributed by atoms with Crippen LogP contribution in [0.25, 0.3) is 0 Å². The molecule has 7 nitrogen and oxygen atoms in total. The quantitative estimate of drug-likeness (QED) is 0.633. The normalized spacial score (nSPS) is 17.6. The van der Waals surface area contributed by atoms with E-state index in [1.165, 1.54) is 18.2 Å². The monoisotopic (exact) mass is 453 g/mol. The van der Waals surface area contributed by atoms with Crippen LogP contribution in [-0.2, 0) is 32.1 Å². The first-order valence-corrected chi connectivity index (χ1v) is 11.0. The summed E-state index contributed by atoms with van der Waals surface area (Å²) in [7, 11) is -4.75. The van der Waals surface area contributed by atoms with Gasteiger partial charge in [0.15, 0.2) is 0 Å². The topological polar surface area (TPSA) is 101 Å². The fourth-order valence-electron chi connectivity index (χ4n) is 3.49. The van der Waals surface area contributed by atoms with Crippen molar-refractivity contribution in [2.45, 2.75) is 31.8 Å². The molecule has 10 heteroatoms. The van der Waals surface area contributed by atoms with Crippen LogP contribution in [0.5, 0.6) is 0 Å². The number of anilines is 1. The third kappa shape index (κ3) is 4.84. The Labute approximate surface area is 178 Å². The van der Waals surface area contributed by atoms with Crippen molar-refractivity contribution in [3.8, 4) is 0 Å². The van der Waals surface area contributed by atoms with Crippen LogP contribution in [-0.4, -0.2) is 31.3 Å². The zero-order valence-electron chi connectivity index (χ0n) is 16.4. The maximum atomic E-state index is 15.0. The van der Waals surface area contributed by atoms with Gasteiger partial charge in [0.1, 0.15) is 6.61 Å². The van der Waals surface area contributed by atoms with E-state index in [2.05, 4.69) is 0 Å². The molecule has 0 radical (unpaired) electrons. The van der Waals surface area contributed by atoms with Gasteiger partial charge in [-0.3, -0.25) is 9.10 Å². The summed E-state index contributed by atoms with van der Waals surface area (Å²) in [4.78, 5) is 23.1. The Morgan fingerprint density at radius 1 is 1.10 bits per heavy atom. The molecule has 31 heavy (non-hydrogen) atoms. The molecule has 1 aliphatic heterocycles. The average molecular weight is 453 g/mol. The molecule has 3 rings (SSSR count). The van der Waals surface area contributed by atoms with Gasteiger partial charge in [-0.05, 0) is 24.5 Å². The minimum atomic E-state index is -4.75. The van der Waals surface area contributed by atoms with Crippen LogP contribution in [0.1, 0.15) is 30.4 Å². The minimum absolute atomic E-state index is 0.0515. The number of carboxylic acid groups (broad SMARTS) is 1. The number of halogens is 2. The highest BCUT2D eigenvalue weighted by atomic mass is 32.2. The van der Waals surface area contributed by atoms with Crippen LogP contribution < -0.4 is 4.31 Å². The fourth-order valence-corrected chi connectivity index (χ4v) is 4.67. The number of fused-ring (bicyclic) bond motifs is 1. The molecule has 1 aliphatic rings. The van der Waals surface area contributed by atoms with Gasteiger partial charge in [-0.25, -0.2) is 13.6 Å². The lowest BCUT2D eigenvalue weighted by molar-refractivity contribution is -0.137. The molecule has 0 bridgehead atoms. The van der Waals surface area contributed by atoms with Crippen LogP contribution in [0.4, 0.5) is 19.3 Å². The van der Waals surface area contributed by atoms with Crippen LogP contribution in [0.2, 0.25) is 0 Å². The summed E-state index contributed by atoms with van der Waals surface area (Å²) < 4.78 is 61.5. The zero-order valence-corrected chi connectivity index (χ0v) is 17.2. The highest BCUT2D eigenvalue weighted by molar-refractivity contribution is 8.06. The summed E-state index contributed by atoms with van der Waals surface area (Å²) >= 11 is 0. The number of carbonyl (C=O) groups excluding carboxylic acids is 1. The predicted molar refractivity (Wildman–Crippen MR) is 108 cm³/mol. The second-order valence-corrected chi connectivity index (χ2v) is 8.91. The second-order valence-electron chi connectivity index (χ2n) is 7.18. The lowest BCUT2D eigenvalue weighted by Gasteiger charge is -2.39. The number of ether oxygens (including phenoxy) is 1. The van der Waals surface area contributed by atoms with Crippen LogP contribution >= 0.6 is 0 Å². The highest BCUT2D eigenvalue weighted by Gasteiger charge is 2.51. The maximum absolute atomic E-state index is 15.0. The number of carbonyl (C=O) groups is 2. The van der Waals surface area contributed by atoms with E-state index < -0.39 is 45.2 Å². The lowest BCUT2D eigenvalue weighted by atomic mass is 9.86. The number of rotatable bonds is 7. The zero-order chi connectivity index (χ0) is 22.6. The predicted octanol–water partition coefficient (Wildman–Crippen LogP) is 4.14. The summed E-state index contributed by atoms with van der Waals surface area (Å²) in [5.41, 5.74) is -0.247. The molecule has 1 atom stereocenters. The first-order chi connectivity index (χ1) is 14.6. The SMILES string of the molecule is O=C(O)CCC[C@H]1CN(S(=O)(=O)C(=O)OCc2ccccc2)c2ccccc2C1(F)F. The Hall–Kier alpha value is -3.01. The van der Waals surface area contributed by atoms with Crippen molar-refractivity contribution in [2.75, 3.05) is 10.8 Å². The van der Waals surface area contributed by atoms with E-state index in [0.29, 0.717) is 9.87 Å². The summed E-state index contributed by atoms with van der Waals surface area (Å²) in [6, 6.07) is 13.5. The molecule has 0 fully saturated rings. The lowest BCUT2D eigenvalue weighted by Crippen LogP contribution is -2.48. The van der Waals surface area contributed by atoms with Gasteiger partial charge in [-0.2, -0.15) is 8.42 Å². The summed E-state index contributed by atoms with van der Waals surface area (Å²) in [5.74, 6) is -6.00. The number of aliphatic carboxylic acids is 1. The van der Waals surface area contributed by atoms with Crippen molar-refractivity contribution in [2.24, 2.45) is 5.92 Å².